The molecular formula is C21H24N2O5. The van der Waals surface area contributed by atoms with E-state index in [9.17, 15) is 14.4 Å². The van der Waals surface area contributed by atoms with Gasteiger partial charge in [0, 0.05) is 19.9 Å². The number of carbonyl (C=O) groups excluding carboxylic acids is 2. The summed E-state index contributed by atoms with van der Waals surface area (Å²) in [7, 11) is 1.49. The Morgan fingerprint density at radius 1 is 0.964 bits per heavy atom. The minimum Gasteiger partial charge on any atom is -0.489 e. The third kappa shape index (κ3) is 7.11. The van der Waals surface area contributed by atoms with E-state index in [1.54, 1.807) is 0 Å². The Labute approximate surface area is 163 Å². The van der Waals surface area contributed by atoms with E-state index >= 15 is 0 Å². The van der Waals surface area contributed by atoms with E-state index in [0.717, 1.165) is 11.1 Å². The highest BCUT2D eigenvalue weighted by Crippen LogP contribution is 2.15. The van der Waals surface area contributed by atoms with E-state index in [1.165, 1.54) is 7.05 Å². The Kier molecular flexibility index (Phi) is 8.02. The number of hydrogen-bond donors (Lipinski definition) is 3. The quantitative estimate of drug-likeness (QED) is 0.580. The van der Waals surface area contributed by atoms with Gasteiger partial charge in [-0.3, -0.25) is 14.4 Å². The van der Waals surface area contributed by atoms with Crippen LogP contribution in [-0.2, 0) is 27.4 Å². The largest absolute Gasteiger partial charge is 0.489 e. The van der Waals surface area contributed by atoms with Gasteiger partial charge < -0.3 is 20.5 Å². The third-order valence-electron chi connectivity index (χ3n) is 4.08. The number of rotatable bonds is 10. The van der Waals surface area contributed by atoms with Crippen LogP contribution in [0.2, 0.25) is 0 Å². The summed E-state index contributed by atoms with van der Waals surface area (Å²) in [5, 5.41) is 13.8. The van der Waals surface area contributed by atoms with Crippen molar-refractivity contribution in [3.05, 3.63) is 65.7 Å². The van der Waals surface area contributed by atoms with Crippen LogP contribution in [0.15, 0.2) is 54.6 Å². The number of ether oxygens (including phenoxy) is 1. The first-order valence-electron chi connectivity index (χ1n) is 8.96. The van der Waals surface area contributed by atoms with Gasteiger partial charge in [0.05, 0.1) is 6.42 Å². The number of nitrogens with one attached hydrogen (secondary N) is 2. The molecule has 7 nitrogen and oxygen atoms in total. The molecule has 0 saturated heterocycles. The molecule has 0 aliphatic carbocycles. The molecule has 0 unspecified atom stereocenters. The molecule has 2 amide bonds. The zero-order valence-electron chi connectivity index (χ0n) is 15.7. The monoisotopic (exact) mass is 384 g/mol. The van der Waals surface area contributed by atoms with E-state index in [2.05, 4.69) is 10.6 Å². The van der Waals surface area contributed by atoms with Crippen LogP contribution in [0, 0.1) is 0 Å². The molecule has 148 valence electrons. The summed E-state index contributed by atoms with van der Waals surface area (Å²) in [5.41, 5.74) is 1.91. The standard InChI is InChI=1S/C21H24N2O5/c1-22-21(27)18(23-19(24)11-12-20(25)26)13-15-7-9-17(10-8-15)28-14-16-5-3-2-4-6-16/h2-10,18H,11-14H2,1H3,(H,22,27)(H,23,24)(H,25,26)/t18-/m0/s1. The fourth-order valence-corrected chi connectivity index (χ4v) is 2.57. The number of likely N-dealkylation sites (N-methyl/N-ethyl adjacent to an activating group) is 1. The fourth-order valence-electron chi connectivity index (χ4n) is 2.57. The van der Waals surface area contributed by atoms with Crippen LogP contribution in [-0.4, -0.2) is 36.0 Å². The lowest BCUT2D eigenvalue weighted by atomic mass is 10.0. The molecule has 7 heteroatoms. The van der Waals surface area contributed by atoms with Gasteiger partial charge in [0.15, 0.2) is 0 Å². The van der Waals surface area contributed by atoms with Gasteiger partial charge in [-0.1, -0.05) is 42.5 Å². The second-order valence-corrected chi connectivity index (χ2v) is 6.25. The molecule has 0 heterocycles. The molecule has 0 aromatic heterocycles. The molecule has 0 aliphatic rings. The lowest BCUT2D eigenvalue weighted by Gasteiger charge is -2.17. The van der Waals surface area contributed by atoms with Crippen LogP contribution in [0.3, 0.4) is 0 Å². The molecule has 0 aliphatic heterocycles. The molecule has 2 aromatic rings. The van der Waals surface area contributed by atoms with Crippen molar-refractivity contribution < 1.29 is 24.2 Å². The number of carboxylic acid groups (broad SMARTS) is 1. The van der Waals surface area contributed by atoms with Crippen LogP contribution >= 0.6 is 0 Å². The molecule has 2 aromatic carbocycles. The molecule has 0 radical (unpaired) electrons. The van der Waals surface area contributed by atoms with Crippen LogP contribution in [0.1, 0.15) is 24.0 Å². The average Bonchev–Trinajstić information content (AvgIpc) is 2.71. The minimum absolute atomic E-state index is 0.172. The summed E-state index contributed by atoms with van der Waals surface area (Å²) >= 11 is 0. The molecule has 28 heavy (non-hydrogen) atoms. The minimum atomic E-state index is -1.06. The van der Waals surface area contributed by atoms with Crippen molar-refractivity contribution in [2.45, 2.75) is 31.9 Å². The predicted molar refractivity (Wildman–Crippen MR) is 104 cm³/mol. The molecule has 1 atom stereocenters. The average molecular weight is 384 g/mol. The van der Waals surface area contributed by atoms with Crippen LogP contribution in [0.4, 0.5) is 0 Å². The molecule has 0 bridgehead atoms. The van der Waals surface area contributed by atoms with Gasteiger partial charge in [-0.15, -0.1) is 0 Å². The molecule has 0 spiro atoms. The Morgan fingerprint density at radius 2 is 1.64 bits per heavy atom. The summed E-state index contributed by atoms with van der Waals surface area (Å²) in [6.07, 6.45) is -0.160. The van der Waals surface area contributed by atoms with Crippen LogP contribution < -0.4 is 15.4 Å². The van der Waals surface area contributed by atoms with Gasteiger partial charge >= 0.3 is 5.97 Å². The Bertz CT molecular complexity index is 790. The first-order valence-corrected chi connectivity index (χ1v) is 8.96. The van der Waals surface area contributed by atoms with Crippen molar-refractivity contribution in [3.8, 4) is 5.75 Å². The number of benzene rings is 2. The molecule has 2 rings (SSSR count). The summed E-state index contributed by atoms with van der Waals surface area (Å²) in [6, 6.07) is 16.3. The zero-order chi connectivity index (χ0) is 20.4. The number of hydrogen-bond acceptors (Lipinski definition) is 4. The first kappa shape index (κ1) is 21.0. The van der Waals surface area contributed by atoms with Gasteiger partial charge in [-0.2, -0.15) is 0 Å². The highest BCUT2D eigenvalue weighted by molar-refractivity contribution is 5.88. The third-order valence-corrected chi connectivity index (χ3v) is 4.08. The van der Waals surface area contributed by atoms with Gasteiger partial charge in [0.1, 0.15) is 18.4 Å². The SMILES string of the molecule is CNC(=O)[C@H](Cc1ccc(OCc2ccccc2)cc1)NC(=O)CCC(=O)O. The normalized spacial score (nSPS) is 11.3. The number of amides is 2. The highest BCUT2D eigenvalue weighted by atomic mass is 16.5. The van der Waals surface area contributed by atoms with Gasteiger partial charge in [-0.25, -0.2) is 0 Å². The predicted octanol–water partition coefficient (Wildman–Crippen LogP) is 1.90. The lowest BCUT2D eigenvalue weighted by Crippen LogP contribution is -2.47. The molecule has 0 fully saturated rings. The number of carboxylic acids is 1. The summed E-state index contributed by atoms with van der Waals surface area (Å²) in [5.74, 6) is -1.17. The van der Waals surface area contributed by atoms with Gasteiger partial charge in [0.25, 0.3) is 0 Å². The van der Waals surface area contributed by atoms with Crippen LogP contribution in [0.25, 0.3) is 0 Å². The smallest absolute Gasteiger partial charge is 0.303 e. The Morgan fingerprint density at radius 3 is 2.25 bits per heavy atom. The van der Waals surface area contributed by atoms with Crippen molar-refractivity contribution >= 4 is 17.8 Å². The summed E-state index contributed by atoms with van der Waals surface area (Å²) in [4.78, 5) is 34.5. The fraction of sp³-hybridized carbons (Fsp3) is 0.286. The summed E-state index contributed by atoms with van der Waals surface area (Å²) < 4.78 is 5.73. The van der Waals surface area contributed by atoms with E-state index < -0.39 is 17.9 Å². The first-order chi connectivity index (χ1) is 13.5. The Balaban J connectivity index is 1.93. The molecule has 3 N–H and O–H groups in total. The van der Waals surface area contributed by atoms with Crippen molar-refractivity contribution in [2.75, 3.05) is 7.05 Å². The van der Waals surface area contributed by atoms with Crippen molar-refractivity contribution in [2.24, 2.45) is 0 Å². The second-order valence-electron chi connectivity index (χ2n) is 6.25. The second kappa shape index (κ2) is 10.7. The Hall–Kier alpha value is -3.35. The zero-order valence-corrected chi connectivity index (χ0v) is 15.7. The molecule has 0 saturated carbocycles. The highest BCUT2D eigenvalue weighted by Gasteiger charge is 2.20. The van der Waals surface area contributed by atoms with Crippen molar-refractivity contribution in [1.82, 2.24) is 10.6 Å². The van der Waals surface area contributed by atoms with E-state index in [1.807, 2.05) is 54.6 Å². The van der Waals surface area contributed by atoms with E-state index in [0.29, 0.717) is 12.4 Å². The maximum Gasteiger partial charge on any atom is 0.303 e. The maximum absolute atomic E-state index is 12.0. The number of carbonyl (C=O) groups is 3. The lowest BCUT2D eigenvalue weighted by molar-refractivity contribution is -0.139. The summed E-state index contributed by atoms with van der Waals surface area (Å²) in [6.45, 7) is 0.459. The van der Waals surface area contributed by atoms with Crippen molar-refractivity contribution in [1.29, 1.82) is 0 Å². The van der Waals surface area contributed by atoms with E-state index in [-0.39, 0.29) is 25.2 Å². The molecular weight excluding hydrogens is 360 g/mol. The maximum atomic E-state index is 12.0. The topological polar surface area (TPSA) is 105 Å². The van der Waals surface area contributed by atoms with Crippen molar-refractivity contribution in [3.63, 3.8) is 0 Å². The van der Waals surface area contributed by atoms with E-state index in [4.69, 9.17) is 9.84 Å². The van der Waals surface area contributed by atoms with Gasteiger partial charge in [0.2, 0.25) is 11.8 Å². The number of aliphatic carboxylic acids is 1. The van der Waals surface area contributed by atoms with Crippen LogP contribution in [0.5, 0.6) is 5.75 Å². The van der Waals surface area contributed by atoms with Gasteiger partial charge in [-0.05, 0) is 23.3 Å².